The van der Waals surface area contributed by atoms with Crippen LogP contribution in [0.25, 0.3) is 11.3 Å². The molecule has 0 spiro atoms. The number of nitrogen functional groups attached to an aromatic ring is 1. The van der Waals surface area contributed by atoms with Crippen molar-refractivity contribution in [2.24, 2.45) is 7.05 Å². The van der Waals surface area contributed by atoms with Crippen molar-refractivity contribution in [1.29, 1.82) is 0 Å². The molecule has 1 aromatic carbocycles. The van der Waals surface area contributed by atoms with E-state index in [1.54, 1.807) is 4.68 Å². The fraction of sp³-hybridized carbons (Fsp3) is 0.182. The van der Waals surface area contributed by atoms with E-state index in [9.17, 15) is 0 Å². The van der Waals surface area contributed by atoms with Gasteiger partial charge in [0.25, 0.3) is 0 Å². The Bertz CT molecular complexity index is 503. The van der Waals surface area contributed by atoms with Gasteiger partial charge in [-0.1, -0.05) is 29.8 Å². The minimum atomic E-state index is 0.686. The van der Waals surface area contributed by atoms with Crippen LogP contribution in [0.4, 0.5) is 5.69 Å². The van der Waals surface area contributed by atoms with Crippen LogP contribution in [0.2, 0.25) is 5.02 Å². The van der Waals surface area contributed by atoms with Gasteiger partial charge in [-0.15, -0.1) is 0 Å². The van der Waals surface area contributed by atoms with Gasteiger partial charge in [0, 0.05) is 12.6 Å². The Kier molecular flexibility index (Phi) is 2.40. The summed E-state index contributed by atoms with van der Waals surface area (Å²) in [5.74, 6) is 0. The van der Waals surface area contributed by atoms with Crippen LogP contribution < -0.4 is 5.73 Å². The number of benzene rings is 1. The number of hydrogen-bond acceptors (Lipinski definition) is 2. The fourth-order valence-corrected chi connectivity index (χ4v) is 1.87. The van der Waals surface area contributed by atoms with Crippen LogP contribution >= 0.6 is 11.6 Å². The van der Waals surface area contributed by atoms with Gasteiger partial charge in [0.2, 0.25) is 0 Å². The van der Waals surface area contributed by atoms with Crippen molar-refractivity contribution in [3.8, 4) is 11.3 Å². The van der Waals surface area contributed by atoms with E-state index in [1.807, 2.05) is 38.2 Å². The zero-order valence-corrected chi connectivity index (χ0v) is 9.42. The lowest BCUT2D eigenvalue weighted by Crippen LogP contribution is -1.96. The van der Waals surface area contributed by atoms with Crippen molar-refractivity contribution in [3.63, 3.8) is 0 Å². The largest absolute Gasteiger partial charge is 0.395 e. The number of aryl methyl sites for hydroxylation is 2. The summed E-state index contributed by atoms with van der Waals surface area (Å²) in [6, 6.07) is 7.61. The lowest BCUT2D eigenvalue weighted by Gasteiger charge is -2.05. The van der Waals surface area contributed by atoms with Crippen LogP contribution in [0.5, 0.6) is 0 Å². The van der Waals surface area contributed by atoms with E-state index in [-0.39, 0.29) is 0 Å². The molecule has 0 aliphatic carbocycles. The zero-order valence-electron chi connectivity index (χ0n) is 8.66. The molecule has 78 valence electrons. The first kappa shape index (κ1) is 10.1. The molecule has 0 bridgehead atoms. The molecule has 0 saturated heterocycles. The highest BCUT2D eigenvalue weighted by molar-refractivity contribution is 6.33. The first-order valence-corrected chi connectivity index (χ1v) is 5.03. The molecule has 0 fully saturated rings. The van der Waals surface area contributed by atoms with Crippen LogP contribution in [0.1, 0.15) is 5.69 Å². The SMILES string of the molecule is Cc1nn(C)c(-c2ccccc2Cl)c1N. The quantitative estimate of drug-likeness (QED) is 0.805. The number of nitrogens with zero attached hydrogens (tertiary/aromatic N) is 2. The maximum atomic E-state index is 6.12. The summed E-state index contributed by atoms with van der Waals surface area (Å²) in [5.41, 5.74) is 9.26. The second-order valence-corrected chi connectivity index (χ2v) is 3.86. The maximum Gasteiger partial charge on any atom is 0.0926 e. The van der Waals surface area contributed by atoms with E-state index in [1.165, 1.54) is 0 Å². The highest BCUT2D eigenvalue weighted by Gasteiger charge is 2.13. The Morgan fingerprint density at radius 1 is 1.33 bits per heavy atom. The molecular formula is C11H12ClN3. The Labute approximate surface area is 93.5 Å². The van der Waals surface area contributed by atoms with E-state index in [0.717, 1.165) is 17.0 Å². The minimum Gasteiger partial charge on any atom is -0.395 e. The average Bonchev–Trinajstić information content (AvgIpc) is 2.43. The molecule has 2 N–H and O–H groups in total. The van der Waals surface area contributed by atoms with E-state index >= 15 is 0 Å². The fourth-order valence-electron chi connectivity index (χ4n) is 1.65. The smallest absolute Gasteiger partial charge is 0.0926 e. The minimum absolute atomic E-state index is 0.686. The topological polar surface area (TPSA) is 43.8 Å². The monoisotopic (exact) mass is 221 g/mol. The number of hydrogen-bond donors (Lipinski definition) is 1. The van der Waals surface area contributed by atoms with E-state index in [2.05, 4.69) is 5.10 Å². The van der Waals surface area contributed by atoms with Crippen molar-refractivity contribution in [2.45, 2.75) is 6.92 Å². The van der Waals surface area contributed by atoms with Gasteiger partial charge in [-0.05, 0) is 13.0 Å². The highest BCUT2D eigenvalue weighted by Crippen LogP contribution is 2.32. The summed E-state index contributed by atoms with van der Waals surface area (Å²) >= 11 is 6.12. The Morgan fingerprint density at radius 2 is 2.00 bits per heavy atom. The second-order valence-electron chi connectivity index (χ2n) is 3.45. The third-order valence-electron chi connectivity index (χ3n) is 2.40. The maximum absolute atomic E-state index is 6.12. The number of aromatic nitrogens is 2. The lowest BCUT2D eigenvalue weighted by molar-refractivity contribution is 0.764. The number of halogens is 1. The molecule has 1 aromatic heterocycles. The molecule has 1 heterocycles. The van der Waals surface area contributed by atoms with Crippen molar-refractivity contribution in [3.05, 3.63) is 35.0 Å². The number of rotatable bonds is 1. The van der Waals surface area contributed by atoms with Gasteiger partial charge in [0.1, 0.15) is 0 Å². The Balaban J connectivity index is 2.69. The molecule has 0 unspecified atom stereocenters. The van der Waals surface area contributed by atoms with Crippen LogP contribution in [0, 0.1) is 6.92 Å². The van der Waals surface area contributed by atoms with Crippen molar-refractivity contribution >= 4 is 17.3 Å². The summed E-state index contributed by atoms with van der Waals surface area (Å²) in [7, 11) is 1.86. The summed E-state index contributed by atoms with van der Waals surface area (Å²) in [5, 5.41) is 4.95. The summed E-state index contributed by atoms with van der Waals surface area (Å²) in [6.45, 7) is 1.88. The molecule has 2 rings (SSSR count). The van der Waals surface area contributed by atoms with Crippen LogP contribution in [0.3, 0.4) is 0 Å². The van der Waals surface area contributed by atoms with Crippen LogP contribution in [-0.2, 0) is 7.05 Å². The molecule has 0 amide bonds. The Morgan fingerprint density at radius 3 is 2.53 bits per heavy atom. The molecule has 15 heavy (non-hydrogen) atoms. The van der Waals surface area contributed by atoms with Gasteiger partial charge in [-0.2, -0.15) is 5.10 Å². The van der Waals surface area contributed by atoms with Gasteiger partial charge >= 0.3 is 0 Å². The van der Waals surface area contributed by atoms with Gasteiger partial charge in [-0.25, -0.2) is 0 Å². The number of nitrogens with two attached hydrogens (primary N) is 1. The number of anilines is 1. The standard InChI is InChI=1S/C11H12ClN3/c1-7-10(13)11(15(2)14-7)8-5-3-4-6-9(8)12/h3-6H,13H2,1-2H3. The third-order valence-corrected chi connectivity index (χ3v) is 2.73. The molecule has 3 nitrogen and oxygen atoms in total. The summed E-state index contributed by atoms with van der Waals surface area (Å²) in [6.07, 6.45) is 0. The summed E-state index contributed by atoms with van der Waals surface area (Å²) in [4.78, 5) is 0. The van der Waals surface area contributed by atoms with Crippen molar-refractivity contribution in [2.75, 3.05) is 5.73 Å². The molecular weight excluding hydrogens is 210 g/mol. The molecule has 4 heteroatoms. The summed E-state index contributed by atoms with van der Waals surface area (Å²) < 4.78 is 1.76. The normalized spacial score (nSPS) is 10.6. The molecule has 0 atom stereocenters. The Hall–Kier alpha value is -1.48. The first-order chi connectivity index (χ1) is 7.11. The molecule has 0 aliphatic rings. The highest BCUT2D eigenvalue weighted by atomic mass is 35.5. The van der Waals surface area contributed by atoms with E-state index in [4.69, 9.17) is 17.3 Å². The molecule has 0 radical (unpaired) electrons. The lowest BCUT2D eigenvalue weighted by atomic mass is 10.1. The van der Waals surface area contributed by atoms with Gasteiger partial charge < -0.3 is 5.73 Å². The second kappa shape index (κ2) is 3.59. The molecule has 0 aliphatic heterocycles. The third kappa shape index (κ3) is 1.59. The van der Waals surface area contributed by atoms with Crippen LogP contribution in [-0.4, -0.2) is 9.78 Å². The predicted octanol–water partition coefficient (Wildman–Crippen LogP) is 2.63. The predicted molar refractivity (Wildman–Crippen MR) is 62.8 cm³/mol. The first-order valence-electron chi connectivity index (χ1n) is 4.65. The molecule has 0 saturated carbocycles. The van der Waals surface area contributed by atoms with Gasteiger partial charge in [0.05, 0.1) is 22.1 Å². The average molecular weight is 222 g/mol. The van der Waals surface area contributed by atoms with Crippen molar-refractivity contribution in [1.82, 2.24) is 9.78 Å². The van der Waals surface area contributed by atoms with Gasteiger partial charge in [0.15, 0.2) is 0 Å². The van der Waals surface area contributed by atoms with Crippen molar-refractivity contribution < 1.29 is 0 Å². The zero-order chi connectivity index (χ0) is 11.0. The van der Waals surface area contributed by atoms with E-state index < -0.39 is 0 Å². The van der Waals surface area contributed by atoms with E-state index in [0.29, 0.717) is 10.7 Å². The van der Waals surface area contributed by atoms with Crippen LogP contribution in [0.15, 0.2) is 24.3 Å². The van der Waals surface area contributed by atoms with Gasteiger partial charge in [-0.3, -0.25) is 4.68 Å². The molecule has 2 aromatic rings.